The number of methoxy groups -OCH3 is 1. The number of carbonyl (C=O) groups excluding carboxylic acids is 2. The first-order chi connectivity index (χ1) is 17.0. The van der Waals surface area contributed by atoms with Crippen molar-refractivity contribution >= 4 is 17.6 Å². The molecular formula is C28H32N2O5. The van der Waals surface area contributed by atoms with Gasteiger partial charge in [-0.2, -0.15) is 0 Å². The lowest BCUT2D eigenvalue weighted by Crippen LogP contribution is -2.36. The van der Waals surface area contributed by atoms with Crippen molar-refractivity contribution in [1.82, 2.24) is 5.32 Å². The highest BCUT2D eigenvalue weighted by Gasteiger charge is 2.38. The number of nitrogens with one attached hydrogen (secondary N) is 1. The summed E-state index contributed by atoms with van der Waals surface area (Å²) < 4.78 is 17.1. The quantitative estimate of drug-likeness (QED) is 0.599. The van der Waals surface area contributed by atoms with E-state index >= 15 is 0 Å². The molecule has 5 rings (SSSR count). The van der Waals surface area contributed by atoms with Gasteiger partial charge in [-0.15, -0.1) is 0 Å². The van der Waals surface area contributed by atoms with Crippen LogP contribution in [0.2, 0.25) is 0 Å². The van der Waals surface area contributed by atoms with Crippen LogP contribution >= 0.6 is 0 Å². The van der Waals surface area contributed by atoms with E-state index in [0.29, 0.717) is 30.4 Å². The van der Waals surface area contributed by atoms with Crippen LogP contribution in [0.25, 0.3) is 0 Å². The van der Waals surface area contributed by atoms with Gasteiger partial charge < -0.3 is 19.5 Å². The van der Waals surface area contributed by atoms with Gasteiger partial charge in [0.15, 0.2) is 11.5 Å². The van der Waals surface area contributed by atoms with Crippen molar-refractivity contribution in [2.24, 2.45) is 4.99 Å². The fourth-order valence-corrected chi connectivity index (χ4v) is 5.21. The fourth-order valence-electron chi connectivity index (χ4n) is 5.21. The summed E-state index contributed by atoms with van der Waals surface area (Å²) in [6.45, 7) is 3.96. The van der Waals surface area contributed by atoms with Crippen molar-refractivity contribution in [2.75, 3.05) is 13.7 Å². The number of carbonyl (C=O) groups is 2. The van der Waals surface area contributed by atoms with Crippen LogP contribution in [0.15, 0.2) is 41.4 Å². The molecule has 35 heavy (non-hydrogen) atoms. The highest BCUT2D eigenvalue weighted by atomic mass is 16.5. The van der Waals surface area contributed by atoms with E-state index in [1.54, 1.807) is 7.11 Å². The average Bonchev–Trinajstić information content (AvgIpc) is 3.67. The Labute approximate surface area is 205 Å². The standard InChI is InChI=1S/C28H32N2O5/c1-4-34-26-14-22-21-12-11-20(35-16(2)31)13-24(21)30-27(23(22)15-25(26)33-3)17-5-7-18(8-6-17)28(32)29-19-9-10-19/h5-8,14-15,19-21,24H,4,9-13H2,1-3H3,(H,29,32)/t20-,21+,24+/m0/s1. The van der Waals surface area contributed by atoms with Gasteiger partial charge in [0, 0.05) is 42.0 Å². The molecule has 3 aliphatic rings. The minimum absolute atomic E-state index is 0.00341. The van der Waals surface area contributed by atoms with Gasteiger partial charge in [0.2, 0.25) is 0 Å². The summed E-state index contributed by atoms with van der Waals surface area (Å²) in [5.74, 6) is 1.32. The van der Waals surface area contributed by atoms with Crippen molar-refractivity contribution in [3.63, 3.8) is 0 Å². The highest BCUT2D eigenvalue weighted by Crippen LogP contribution is 2.45. The van der Waals surface area contributed by atoms with Crippen LogP contribution in [0.3, 0.4) is 0 Å². The molecule has 7 nitrogen and oxygen atoms in total. The van der Waals surface area contributed by atoms with E-state index in [2.05, 4.69) is 11.4 Å². The Morgan fingerprint density at radius 2 is 1.83 bits per heavy atom. The van der Waals surface area contributed by atoms with E-state index in [1.807, 2.05) is 37.3 Å². The van der Waals surface area contributed by atoms with Crippen LogP contribution < -0.4 is 14.8 Å². The molecule has 0 unspecified atom stereocenters. The van der Waals surface area contributed by atoms with Crippen molar-refractivity contribution in [3.8, 4) is 11.5 Å². The number of fused-ring (bicyclic) bond motifs is 3. The molecule has 2 aromatic rings. The molecule has 1 aliphatic heterocycles. The molecule has 0 spiro atoms. The highest BCUT2D eigenvalue weighted by molar-refractivity contribution is 6.15. The molecule has 1 amide bonds. The minimum atomic E-state index is -0.253. The Morgan fingerprint density at radius 3 is 2.49 bits per heavy atom. The molecule has 0 bridgehead atoms. The number of nitrogens with zero attached hydrogens (tertiary/aromatic N) is 1. The molecule has 2 aliphatic carbocycles. The predicted molar refractivity (Wildman–Crippen MR) is 133 cm³/mol. The van der Waals surface area contributed by atoms with Gasteiger partial charge in [-0.25, -0.2) is 0 Å². The zero-order chi connectivity index (χ0) is 24.5. The summed E-state index contributed by atoms with van der Waals surface area (Å²) in [6.07, 6.45) is 4.36. The Bertz CT molecular complexity index is 1150. The van der Waals surface area contributed by atoms with Crippen LogP contribution in [0.1, 0.15) is 78.9 Å². The molecule has 0 saturated heterocycles. The van der Waals surface area contributed by atoms with Crippen molar-refractivity contribution in [3.05, 3.63) is 58.7 Å². The van der Waals surface area contributed by atoms with Crippen molar-refractivity contribution in [2.45, 2.75) is 70.1 Å². The van der Waals surface area contributed by atoms with Gasteiger partial charge in [-0.05, 0) is 62.4 Å². The third-order valence-electron chi connectivity index (χ3n) is 7.02. The lowest BCUT2D eigenvalue weighted by atomic mass is 9.74. The summed E-state index contributed by atoms with van der Waals surface area (Å²) in [7, 11) is 1.64. The van der Waals surface area contributed by atoms with E-state index in [1.165, 1.54) is 12.5 Å². The number of rotatable bonds is 7. The number of hydrogen-bond donors (Lipinski definition) is 1. The molecule has 2 fully saturated rings. The van der Waals surface area contributed by atoms with Crippen LogP contribution in [-0.4, -0.2) is 49.5 Å². The number of amides is 1. The maximum atomic E-state index is 12.5. The zero-order valence-electron chi connectivity index (χ0n) is 20.5. The second-order valence-electron chi connectivity index (χ2n) is 9.54. The first kappa shape index (κ1) is 23.4. The predicted octanol–water partition coefficient (Wildman–Crippen LogP) is 4.40. The Balaban J connectivity index is 1.52. The number of ether oxygens (including phenoxy) is 3. The van der Waals surface area contributed by atoms with Gasteiger partial charge in [-0.1, -0.05) is 12.1 Å². The molecule has 184 valence electrons. The van der Waals surface area contributed by atoms with Crippen molar-refractivity contribution < 1.29 is 23.8 Å². The molecule has 7 heteroatoms. The minimum Gasteiger partial charge on any atom is -0.493 e. The number of aliphatic imine (C=N–C) groups is 1. The maximum absolute atomic E-state index is 12.5. The topological polar surface area (TPSA) is 86.2 Å². The normalized spacial score (nSPS) is 22.8. The van der Waals surface area contributed by atoms with Crippen LogP contribution in [0.5, 0.6) is 11.5 Å². The molecule has 0 radical (unpaired) electrons. The van der Waals surface area contributed by atoms with E-state index in [9.17, 15) is 9.59 Å². The Morgan fingerprint density at radius 1 is 1.06 bits per heavy atom. The lowest BCUT2D eigenvalue weighted by Gasteiger charge is -2.38. The smallest absolute Gasteiger partial charge is 0.302 e. The van der Waals surface area contributed by atoms with Crippen molar-refractivity contribution in [1.29, 1.82) is 0 Å². The van der Waals surface area contributed by atoms with E-state index in [4.69, 9.17) is 19.2 Å². The molecule has 0 aromatic heterocycles. The molecule has 1 heterocycles. The van der Waals surface area contributed by atoms with E-state index in [-0.39, 0.29) is 29.9 Å². The summed E-state index contributed by atoms with van der Waals surface area (Å²) in [4.78, 5) is 29.2. The second kappa shape index (κ2) is 9.72. The van der Waals surface area contributed by atoms with Gasteiger partial charge in [-0.3, -0.25) is 14.6 Å². The SMILES string of the molecule is CCOc1cc2c(cc1OC)C(c1ccc(C(=O)NC3CC3)cc1)=N[C@@H]1C[C@@H](OC(C)=O)CC[C@H]21. The Hall–Kier alpha value is -3.35. The summed E-state index contributed by atoms with van der Waals surface area (Å²) in [5.41, 5.74) is 4.65. The van der Waals surface area contributed by atoms with E-state index in [0.717, 1.165) is 48.3 Å². The van der Waals surface area contributed by atoms with Crippen LogP contribution in [-0.2, 0) is 9.53 Å². The Kier molecular flexibility index (Phi) is 6.50. The van der Waals surface area contributed by atoms with Gasteiger partial charge in [0.1, 0.15) is 6.10 Å². The average molecular weight is 477 g/mol. The number of hydrogen-bond acceptors (Lipinski definition) is 6. The van der Waals surface area contributed by atoms with Gasteiger partial charge in [0.05, 0.1) is 25.5 Å². The van der Waals surface area contributed by atoms with Crippen LogP contribution in [0, 0.1) is 0 Å². The van der Waals surface area contributed by atoms with E-state index < -0.39 is 0 Å². The van der Waals surface area contributed by atoms with Gasteiger partial charge in [0.25, 0.3) is 5.91 Å². The summed E-state index contributed by atoms with van der Waals surface area (Å²) >= 11 is 0. The maximum Gasteiger partial charge on any atom is 0.302 e. The molecule has 2 aromatic carbocycles. The number of benzene rings is 2. The lowest BCUT2D eigenvalue weighted by molar-refractivity contribution is -0.148. The second-order valence-corrected chi connectivity index (χ2v) is 9.54. The van der Waals surface area contributed by atoms with Gasteiger partial charge >= 0.3 is 5.97 Å². The number of esters is 1. The molecular weight excluding hydrogens is 444 g/mol. The molecule has 3 atom stereocenters. The molecule has 2 saturated carbocycles. The third kappa shape index (κ3) is 4.90. The summed E-state index contributed by atoms with van der Waals surface area (Å²) in [5, 5.41) is 3.03. The fraction of sp³-hybridized carbons (Fsp3) is 0.464. The third-order valence-corrected chi connectivity index (χ3v) is 7.02. The van der Waals surface area contributed by atoms with Crippen LogP contribution in [0.4, 0.5) is 0 Å². The first-order valence-corrected chi connectivity index (χ1v) is 12.5. The zero-order valence-corrected chi connectivity index (χ0v) is 20.5. The monoisotopic (exact) mass is 476 g/mol. The largest absolute Gasteiger partial charge is 0.493 e. The first-order valence-electron chi connectivity index (χ1n) is 12.5. The summed E-state index contributed by atoms with van der Waals surface area (Å²) in [6, 6.07) is 12.0. The molecule has 1 N–H and O–H groups in total.